The van der Waals surface area contributed by atoms with Gasteiger partial charge in [-0.2, -0.15) is 0 Å². The van der Waals surface area contributed by atoms with Gasteiger partial charge in [0.1, 0.15) is 12.3 Å². The molecule has 0 fully saturated rings. The maximum absolute atomic E-state index is 11.3. The molecule has 0 saturated heterocycles. The molecule has 114 valence electrons. The number of rotatable bonds is 7. The van der Waals surface area contributed by atoms with E-state index in [1.807, 2.05) is 34.6 Å². The molecule has 0 atom stereocenters. The largest absolute Gasteiger partial charge is 0.444 e. The quantitative estimate of drug-likeness (QED) is 0.531. The molecule has 0 unspecified atom stereocenters. The van der Waals surface area contributed by atoms with Crippen molar-refractivity contribution >= 4 is 12.8 Å². The fourth-order valence-electron chi connectivity index (χ4n) is 1.76. The standard InChI is InChI=1S/C13H28BNO2.C2H6/c1-6-9-14(5)10-7-8-11-15-12(16)17-13(2,3)4;1-2/h6-11H2,1-5H3,(H,15,16);1-2H3. The van der Waals surface area contributed by atoms with E-state index in [0.717, 1.165) is 13.1 Å². The van der Waals surface area contributed by atoms with Gasteiger partial charge in [-0.15, -0.1) is 0 Å². The van der Waals surface area contributed by atoms with Gasteiger partial charge in [0.2, 0.25) is 0 Å². The zero-order chi connectivity index (χ0) is 15.3. The Hall–Kier alpha value is -0.665. The summed E-state index contributed by atoms with van der Waals surface area (Å²) in [6.45, 7) is 15.7. The van der Waals surface area contributed by atoms with Gasteiger partial charge >= 0.3 is 6.09 Å². The zero-order valence-corrected chi connectivity index (χ0v) is 14.1. The third kappa shape index (κ3) is 17.3. The molecule has 1 amide bonds. The monoisotopic (exact) mass is 271 g/mol. The highest BCUT2D eigenvalue weighted by Gasteiger charge is 2.15. The molecule has 19 heavy (non-hydrogen) atoms. The summed E-state index contributed by atoms with van der Waals surface area (Å²) in [6.07, 6.45) is 5.73. The van der Waals surface area contributed by atoms with Crippen LogP contribution in [0.1, 0.15) is 60.8 Å². The Morgan fingerprint density at radius 3 is 2.21 bits per heavy atom. The maximum Gasteiger partial charge on any atom is 0.407 e. The van der Waals surface area contributed by atoms with E-state index >= 15 is 0 Å². The maximum atomic E-state index is 11.3. The average Bonchev–Trinajstić information content (AvgIpc) is 2.29. The summed E-state index contributed by atoms with van der Waals surface area (Å²) in [7, 11) is 0. The zero-order valence-electron chi connectivity index (χ0n) is 14.1. The topological polar surface area (TPSA) is 38.3 Å². The van der Waals surface area contributed by atoms with Crippen LogP contribution >= 0.6 is 0 Å². The summed E-state index contributed by atoms with van der Waals surface area (Å²) in [4.78, 5) is 11.3. The third-order valence-electron chi connectivity index (χ3n) is 2.57. The highest BCUT2D eigenvalue weighted by atomic mass is 16.6. The van der Waals surface area contributed by atoms with Crippen LogP contribution in [-0.4, -0.2) is 25.0 Å². The summed E-state index contributed by atoms with van der Waals surface area (Å²) in [5.41, 5.74) is -0.403. The number of amides is 1. The molecule has 0 aliphatic heterocycles. The first kappa shape index (κ1) is 20.6. The molecule has 0 aromatic carbocycles. The van der Waals surface area contributed by atoms with E-state index in [4.69, 9.17) is 4.74 Å². The summed E-state index contributed by atoms with van der Waals surface area (Å²) >= 11 is 0. The lowest BCUT2D eigenvalue weighted by atomic mass is 9.46. The fourth-order valence-corrected chi connectivity index (χ4v) is 1.76. The smallest absolute Gasteiger partial charge is 0.407 e. The Morgan fingerprint density at radius 1 is 1.16 bits per heavy atom. The van der Waals surface area contributed by atoms with E-state index in [-0.39, 0.29) is 6.09 Å². The van der Waals surface area contributed by atoms with Crippen LogP contribution in [0.2, 0.25) is 19.5 Å². The number of alkyl carbamates (subject to hydrolysis) is 1. The van der Waals surface area contributed by atoms with Crippen molar-refractivity contribution in [1.29, 1.82) is 0 Å². The fraction of sp³-hybridized carbons (Fsp3) is 0.933. The molecule has 0 aromatic heterocycles. The Bertz CT molecular complexity index is 215. The molecule has 0 heterocycles. The summed E-state index contributed by atoms with van der Waals surface area (Å²) in [5, 5.41) is 2.78. The Balaban J connectivity index is 0. The van der Waals surface area contributed by atoms with Crippen LogP contribution in [0.4, 0.5) is 4.79 Å². The predicted octanol–water partition coefficient (Wildman–Crippen LogP) is 4.85. The Kier molecular flexibility index (Phi) is 13.4. The van der Waals surface area contributed by atoms with Crippen molar-refractivity contribution < 1.29 is 9.53 Å². The van der Waals surface area contributed by atoms with Gasteiger partial charge in [-0.1, -0.05) is 53.1 Å². The number of ether oxygens (including phenoxy) is 1. The van der Waals surface area contributed by atoms with E-state index in [2.05, 4.69) is 19.1 Å². The minimum absolute atomic E-state index is 0.306. The van der Waals surface area contributed by atoms with Crippen LogP contribution in [0, 0.1) is 0 Å². The molecule has 4 heteroatoms. The molecular formula is C15H34BNO2. The number of carbonyl (C=O) groups is 1. The van der Waals surface area contributed by atoms with Crippen molar-refractivity contribution in [2.24, 2.45) is 0 Å². The summed E-state index contributed by atoms with van der Waals surface area (Å²) in [6, 6.07) is 0. The predicted molar refractivity (Wildman–Crippen MR) is 86.3 cm³/mol. The molecule has 0 rings (SSSR count). The summed E-state index contributed by atoms with van der Waals surface area (Å²) in [5.74, 6) is 0. The number of nitrogens with one attached hydrogen (secondary N) is 1. The molecule has 0 aromatic rings. The molecule has 1 N–H and O–H groups in total. The summed E-state index contributed by atoms with van der Waals surface area (Å²) < 4.78 is 5.15. The van der Waals surface area contributed by atoms with Crippen LogP contribution in [-0.2, 0) is 4.74 Å². The third-order valence-corrected chi connectivity index (χ3v) is 2.57. The van der Waals surface area contributed by atoms with E-state index in [1.165, 1.54) is 25.5 Å². The molecule has 0 aliphatic carbocycles. The second-order valence-corrected chi connectivity index (χ2v) is 5.82. The molecule has 0 aliphatic rings. The van der Waals surface area contributed by atoms with Crippen LogP contribution in [0.5, 0.6) is 0 Å². The normalized spacial score (nSPS) is 10.3. The van der Waals surface area contributed by atoms with Crippen molar-refractivity contribution in [2.75, 3.05) is 6.54 Å². The van der Waals surface area contributed by atoms with E-state index in [1.54, 1.807) is 0 Å². The van der Waals surface area contributed by atoms with E-state index < -0.39 is 5.60 Å². The molecule has 0 radical (unpaired) electrons. The highest BCUT2D eigenvalue weighted by molar-refractivity contribution is 6.57. The Morgan fingerprint density at radius 2 is 1.74 bits per heavy atom. The van der Waals surface area contributed by atoms with Crippen LogP contribution < -0.4 is 5.32 Å². The lowest BCUT2D eigenvalue weighted by molar-refractivity contribution is 0.0527. The SMILES string of the molecule is CC.CCCB(C)CCCCNC(=O)OC(C)(C)C. The van der Waals surface area contributed by atoms with Gasteiger partial charge in [-0.25, -0.2) is 4.79 Å². The van der Waals surface area contributed by atoms with Gasteiger partial charge in [-0.05, 0) is 27.2 Å². The van der Waals surface area contributed by atoms with Crippen molar-refractivity contribution in [1.82, 2.24) is 5.32 Å². The lowest BCUT2D eigenvalue weighted by Crippen LogP contribution is -2.33. The van der Waals surface area contributed by atoms with E-state index in [9.17, 15) is 4.79 Å². The van der Waals surface area contributed by atoms with Gasteiger partial charge in [0.05, 0.1) is 0 Å². The number of hydrogen-bond acceptors (Lipinski definition) is 2. The first-order chi connectivity index (χ1) is 8.85. The van der Waals surface area contributed by atoms with E-state index in [0.29, 0.717) is 6.54 Å². The average molecular weight is 271 g/mol. The second-order valence-electron chi connectivity index (χ2n) is 5.82. The first-order valence-electron chi connectivity index (χ1n) is 7.82. The number of hydrogen-bond donors (Lipinski definition) is 1. The number of unbranched alkanes of at least 4 members (excludes halogenated alkanes) is 1. The molecule has 0 spiro atoms. The molecule has 0 bridgehead atoms. The minimum Gasteiger partial charge on any atom is -0.444 e. The van der Waals surface area contributed by atoms with Crippen LogP contribution in [0.3, 0.4) is 0 Å². The van der Waals surface area contributed by atoms with Crippen molar-refractivity contribution in [2.45, 2.75) is 85.9 Å². The molecule has 3 nitrogen and oxygen atoms in total. The van der Waals surface area contributed by atoms with Crippen molar-refractivity contribution in [3.05, 3.63) is 0 Å². The van der Waals surface area contributed by atoms with Crippen molar-refractivity contribution in [3.8, 4) is 0 Å². The lowest BCUT2D eigenvalue weighted by Gasteiger charge is -2.19. The second kappa shape index (κ2) is 12.4. The van der Waals surface area contributed by atoms with Gasteiger partial charge in [-0.3, -0.25) is 0 Å². The minimum atomic E-state index is -0.403. The highest BCUT2D eigenvalue weighted by Crippen LogP contribution is 2.08. The molecular weight excluding hydrogens is 237 g/mol. The first-order valence-corrected chi connectivity index (χ1v) is 7.82. The Labute approximate surface area is 121 Å². The van der Waals surface area contributed by atoms with Crippen LogP contribution in [0.25, 0.3) is 0 Å². The van der Waals surface area contributed by atoms with Crippen molar-refractivity contribution in [3.63, 3.8) is 0 Å². The number of carbonyl (C=O) groups excluding carboxylic acids is 1. The van der Waals surface area contributed by atoms with Gasteiger partial charge in [0, 0.05) is 6.54 Å². The van der Waals surface area contributed by atoms with Crippen LogP contribution in [0.15, 0.2) is 0 Å². The molecule has 0 saturated carbocycles. The van der Waals surface area contributed by atoms with Gasteiger partial charge in [0.15, 0.2) is 0 Å². The van der Waals surface area contributed by atoms with Gasteiger partial charge in [0.25, 0.3) is 0 Å². The van der Waals surface area contributed by atoms with Gasteiger partial charge < -0.3 is 10.1 Å².